The topological polar surface area (TPSA) is 0 Å². The van der Waals surface area contributed by atoms with E-state index >= 15 is 0 Å². The van der Waals surface area contributed by atoms with E-state index < -0.39 is 6.43 Å². The van der Waals surface area contributed by atoms with E-state index in [4.69, 9.17) is 0 Å². The summed E-state index contributed by atoms with van der Waals surface area (Å²) in [5, 5.41) is 0. The number of hydrogen-bond donors (Lipinski definition) is 0. The maximum atomic E-state index is 12.8. The highest BCUT2D eigenvalue weighted by atomic mass is 79.9. The Labute approximate surface area is 108 Å². The molecule has 0 aromatic heterocycles. The second-order valence-electron chi connectivity index (χ2n) is 3.55. The Morgan fingerprint density at radius 1 is 1.38 bits per heavy atom. The van der Waals surface area contributed by atoms with Gasteiger partial charge in [-0.1, -0.05) is 35.3 Å². The van der Waals surface area contributed by atoms with Crippen molar-refractivity contribution in [1.82, 2.24) is 0 Å². The molecule has 0 bridgehead atoms. The van der Waals surface area contributed by atoms with Crippen molar-refractivity contribution in [3.05, 3.63) is 33.8 Å². The fraction of sp³-hybridized carbons (Fsp3) is 0.500. The van der Waals surface area contributed by atoms with E-state index in [1.165, 1.54) is 6.07 Å². The molecule has 0 aliphatic rings. The number of hydrogen-bond acceptors (Lipinski definition) is 1. The second-order valence-corrected chi connectivity index (χ2v) is 5.57. The van der Waals surface area contributed by atoms with Gasteiger partial charge < -0.3 is 0 Å². The molecule has 4 heteroatoms. The lowest BCUT2D eigenvalue weighted by molar-refractivity contribution is 0.150. The maximum Gasteiger partial charge on any atom is 0.264 e. The normalized spacial score (nSPS) is 11.1. The van der Waals surface area contributed by atoms with Gasteiger partial charge in [-0.3, -0.25) is 0 Å². The molecule has 0 heterocycles. The fourth-order valence-corrected chi connectivity index (χ4v) is 2.83. The van der Waals surface area contributed by atoms with Crippen molar-refractivity contribution in [1.29, 1.82) is 0 Å². The van der Waals surface area contributed by atoms with Crippen LogP contribution in [0.1, 0.15) is 37.3 Å². The van der Waals surface area contributed by atoms with E-state index in [1.807, 2.05) is 6.07 Å². The largest absolute Gasteiger partial charge is 0.264 e. The monoisotopic (exact) mass is 308 g/mol. The summed E-state index contributed by atoms with van der Waals surface area (Å²) in [5.41, 5.74) is 0.901. The van der Waals surface area contributed by atoms with Gasteiger partial charge in [0.15, 0.2) is 0 Å². The SMILES string of the molecule is CCCCSCc1ccc(Br)cc1C(F)F. The standard InChI is InChI=1S/C12H15BrF2S/c1-2-3-6-16-8-9-4-5-10(13)7-11(9)12(14)15/h4-5,7,12H,2-3,6,8H2,1H3. The Balaban J connectivity index is 2.64. The van der Waals surface area contributed by atoms with Gasteiger partial charge in [-0.25, -0.2) is 8.78 Å². The summed E-state index contributed by atoms with van der Waals surface area (Å²) in [6.07, 6.45) is -0.0976. The van der Waals surface area contributed by atoms with Crippen LogP contribution in [0.25, 0.3) is 0 Å². The zero-order valence-electron chi connectivity index (χ0n) is 9.18. The second kappa shape index (κ2) is 7.28. The van der Waals surface area contributed by atoms with E-state index in [9.17, 15) is 8.78 Å². The molecule has 0 aliphatic carbocycles. The quantitative estimate of drug-likeness (QED) is 0.632. The first kappa shape index (κ1) is 14.0. The minimum absolute atomic E-state index is 0.151. The van der Waals surface area contributed by atoms with Gasteiger partial charge in [-0.2, -0.15) is 11.8 Å². The van der Waals surface area contributed by atoms with E-state index in [0.29, 0.717) is 10.2 Å². The summed E-state index contributed by atoms with van der Waals surface area (Å²) in [7, 11) is 0. The predicted octanol–water partition coefficient (Wildman–Crippen LogP) is 5.42. The zero-order valence-corrected chi connectivity index (χ0v) is 11.6. The number of alkyl halides is 2. The van der Waals surface area contributed by atoms with Gasteiger partial charge in [0.1, 0.15) is 0 Å². The van der Waals surface area contributed by atoms with Crippen LogP contribution < -0.4 is 0 Å². The van der Waals surface area contributed by atoms with Crippen LogP contribution in [0.4, 0.5) is 8.78 Å². The van der Waals surface area contributed by atoms with Crippen LogP contribution in [-0.2, 0) is 5.75 Å². The summed E-state index contributed by atoms with van der Waals surface area (Å²) >= 11 is 4.94. The summed E-state index contributed by atoms with van der Waals surface area (Å²) in [6.45, 7) is 2.13. The van der Waals surface area contributed by atoms with Crippen LogP contribution in [0.2, 0.25) is 0 Å². The van der Waals surface area contributed by atoms with Crippen molar-refractivity contribution in [3.63, 3.8) is 0 Å². The smallest absolute Gasteiger partial charge is 0.205 e. The Morgan fingerprint density at radius 2 is 2.12 bits per heavy atom. The number of thioether (sulfide) groups is 1. The van der Waals surface area contributed by atoms with Crippen LogP contribution >= 0.6 is 27.7 Å². The molecule has 0 aliphatic heterocycles. The first-order valence-corrected chi connectivity index (χ1v) is 7.24. The molecule has 0 saturated heterocycles. The van der Waals surface area contributed by atoms with Crippen LogP contribution in [0, 0.1) is 0 Å². The molecular formula is C12H15BrF2S. The minimum Gasteiger partial charge on any atom is -0.205 e. The van der Waals surface area contributed by atoms with Crippen molar-refractivity contribution in [2.75, 3.05) is 5.75 Å². The summed E-state index contributed by atoms with van der Waals surface area (Å²) < 4.78 is 26.2. The highest BCUT2D eigenvalue weighted by Gasteiger charge is 2.12. The Kier molecular flexibility index (Phi) is 6.36. The van der Waals surface area contributed by atoms with Crippen LogP contribution in [0.5, 0.6) is 0 Å². The molecule has 1 aromatic rings. The average Bonchev–Trinajstić information content (AvgIpc) is 2.26. The number of benzene rings is 1. The van der Waals surface area contributed by atoms with Crippen molar-refractivity contribution >= 4 is 27.7 Å². The Hall–Kier alpha value is -0.0900. The molecule has 0 fully saturated rings. The van der Waals surface area contributed by atoms with Gasteiger partial charge in [-0.05, 0) is 29.9 Å². The first-order valence-electron chi connectivity index (χ1n) is 5.29. The van der Waals surface area contributed by atoms with Crippen molar-refractivity contribution < 1.29 is 8.78 Å². The number of rotatable bonds is 6. The molecule has 0 radical (unpaired) electrons. The Morgan fingerprint density at radius 3 is 2.75 bits per heavy atom. The Bertz CT molecular complexity index is 329. The number of unbranched alkanes of at least 4 members (excludes halogenated alkanes) is 1. The van der Waals surface area contributed by atoms with Gasteiger partial charge >= 0.3 is 0 Å². The maximum absolute atomic E-state index is 12.8. The van der Waals surface area contributed by atoms with E-state index in [1.54, 1.807) is 17.8 Å². The molecule has 0 saturated carbocycles. The molecule has 0 amide bonds. The molecule has 0 N–H and O–H groups in total. The van der Waals surface area contributed by atoms with Crippen LogP contribution in [0.3, 0.4) is 0 Å². The fourth-order valence-electron chi connectivity index (χ4n) is 1.33. The van der Waals surface area contributed by atoms with Gasteiger partial charge in [0.25, 0.3) is 6.43 Å². The molecular weight excluding hydrogens is 294 g/mol. The van der Waals surface area contributed by atoms with E-state index in [2.05, 4.69) is 22.9 Å². The van der Waals surface area contributed by atoms with E-state index in [0.717, 1.165) is 24.2 Å². The minimum atomic E-state index is -2.39. The van der Waals surface area contributed by atoms with Crippen molar-refractivity contribution in [2.45, 2.75) is 31.9 Å². The van der Waals surface area contributed by atoms with Gasteiger partial charge in [0.2, 0.25) is 0 Å². The molecule has 0 nitrogen and oxygen atoms in total. The van der Waals surface area contributed by atoms with Crippen molar-refractivity contribution in [3.8, 4) is 0 Å². The molecule has 0 atom stereocenters. The van der Waals surface area contributed by atoms with E-state index in [-0.39, 0.29) is 5.56 Å². The van der Waals surface area contributed by atoms with Gasteiger partial charge in [-0.15, -0.1) is 0 Å². The third-order valence-electron chi connectivity index (χ3n) is 2.24. The highest BCUT2D eigenvalue weighted by Crippen LogP contribution is 2.29. The van der Waals surface area contributed by atoms with Crippen molar-refractivity contribution in [2.24, 2.45) is 0 Å². The first-order chi connectivity index (χ1) is 7.65. The van der Waals surface area contributed by atoms with Crippen LogP contribution in [-0.4, -0.2) is 5.75 Å². The average molecular weight is 309 g/mol. The molecule has 90 valence electrons. The third kappa shape index (κ3) is 4.42. The van der Waals surface area contributed by atoms with Crippen LogP contribution in [0.15, 0.2) is 22.7 Å². The summed E-state index contributed by atoms with van der Waals surface area (Å²) in [6, 6.07) is 5.12. The molecule has 16 heavy (non-hydrogen) atoms. The lowest BCUT2D eigenvalue weighted by Gasteiger charge is -2.09. The lowest BCUT2D eigenvalue weighted by atomic mass is 10.1. The predicted molar refractivity (Wildman–Crippen MR) is 70.2 cm³/mol. The van der Waals surface area contributed by atoms with Gasteiger partial charge in [0.05, 0.1) is 0 Å². The summed E-state index contributed by atoms with van der Waals surface area (Å²) in [4.78, 5) is 0. The zero-order chi connectivity index (χ0) is 12.0. The lowest BCUT2D eigenvalue weighted by Crippen LogP contribution is -1.93. The highest BCUT2D eigenvalue weighted by molar-refractivity contribution is 9.10. The molecule has 0 unspecified atom stereocenters. The molecule has 1 rings (SSSR count). The number of halogens is 3. The van der Waals surface area contributed by atoms with Gasteiger partial charge in [0, 0.05) is 15.8 Å². The summed E-state index contributed by atoms with van der Waals surface area (Å²) in [5.74, 6) is 1.71. The molecule has 0 spiro atoms. The molecule has 1 aromatic carbocycles. The third-order valence-corrected chi connectivity index (χ3v) is 3.83.